The fraction of sp³-hybridized carbons (Fsp3) is 0.286. The largest absolute Gasteiger partial charge is 0.506 e. The van der Waals surface area contributed by atoms with Crippen LogP contribution in [-0.2, 0) is 13.0 Å². The van der Waals surface area contributed by atoms with Crippen LogP contribution in [0.3, 0.4) is 0 Å². The van der Waals surface area contributed by atoms with Gasteiger partial charge in [0.05, 0.1) is 18.5 Å². The summed E-state index contributed by atoms with van der Waals surface area (Å²) in [6.07, 6.45) is 0.837. The Bertz CT molecular complexity index is 631. The number of phenols is 1. The highest BCUT2D eigenvalue weighted by Gasteiger charge is 2.18. The number of nitrogens with one attached hydrogen (secondary N) is 2. The van der Waals surface area contributed by atoms with Gasteiger partial charge in [0.2, 0.25) is 0 Å². The van der Waals surface area contributed by atoms with Crippen LogP contribution in [0.5, 0.6) is 11.8 Å². The first-order valence-electron chi connectivity index (χ1n) is 6.47. The number of rotatable bonds is 3. The van der Waals surface area contributed by atoms with Gasteiger partial charge in [-0.15, -0.1) is 0 Å². The molecule has 0 spiro atoms. The Balaban J connectivity index is 2.02. The lowest BCUT2D eigenvalue weighted by Gasteiger charge is -2.20. The van der Waals surface area contributed by atoms with Crippen molar-refractivity contribution in [1.82, 2.24) is 15.3 Å². The number of hydrogen-bond donors (Lipinski definition) is 3. The van der Waals surface area contributed by atoms with Crippen LogP contribution in [0.1, 0.15) is 11.3 Å². The van der Waals surface area contributed by atoms with Gasteiger partial charge in [-0.1, -0.05) is 12.1 Å². The maximum Gasteiger partial charge on any atom is 0.318 e. The molecule has 1 aliphatic heterocycles. The molecule has 0 fully saturated rings. The van der Waals surface area contributed by atoms with E-state index in [2.05, 4.69) is 20.6 Å². The molecule has 20 heavy (non-hydrogen) atoms. The topological polar surface area (TPSA) is 79.3 Å². The minimum absolute atomic E-state index is 0.183. The van der Waals surface area contributed by atoms with Gasteiger partial charge in [-0.25, -0.2) is 0 Å². The van der Waals surface area contributed by atoms with E-state index in [9.17, 15) is 5.11 Å². The van der Waals surface area contributed by atoms with Gasteiger partial charge < -0.3 is 20.5 Å². The van der Waals surface area contributed by atoms with E-state index in [4.69, 9.17) is 4.74 Å². The Morgan fingerprint density at radius 1 is 1.30 bits per heavy atom. The zero-order chi connectivity index (χ0) is 13.9. The van der Waals surface area contributed by atoms with Gasteiger partial charge in [-0.3, -0.25) is 0 Å². The predicted molar refractivity (Wildman–Crippen MR) is 75.4 cm³/mol. The Kier molecular flexibility index (Phi) is 3.39. The van der Waals surface area contributed by atoms with E-state index in [-0.39, 0.29) is 5.75 Å². The van der Waals surface area contributed by atoms with Gasteiger partial charge in [0.15, 0.2) is 0 Å². The molecule has 0 amide bonds. The highest BCUT2D eigenvalue weighted by atomic mass is 16.5. The third kappa shape index (κ3) is 2.37. The number of aromatic hydroxyl groups is 1. The molecule has 0 saturated heterocycles. The predicted octanol–water partition coefficient (Wildman–Crippen LogP) is 1.58. The quantitative estimate of drug-likeness (QED) is 0.736. The first-order chi connectivity index (χ1) is 9.78. The van der Waals surface area contributed by atoms with Crippen LogP contribution in [-0.4, -0.2) is 28.7 Å². The molecule has 1 aromatic heterocycles. The van der Waals surface area contributed by atoms with Crippen LogP contribution in [0.15, 0.2) is 24.3 Å². The molecule has 6 heteroatoms. The molecule has 0 saturated carbocycles. The van der Waals surface area contributed by atoms with Gasteiger partial charge in [-0.05, 0) is 12.1 Å². The third-order valence-electron chi connectivity index (χ3n) is 3.25. The van der Waals surface area contributed by atoms with Gasteiger partial charge in [0, 0.05) is 25.1 Å². The molecule has 3 N–H and O–H groups in total. The maximum absolute atomic E-state index is 9.85. The SMILES string of the molecule is COc1nc2c(c(Nc3ccccc3O)n1)CNCC2. The van der Waals surface area contributed by atoms with E-state index in [0.29, 0.717) is 24.1 Å². The van der Waals surface area contributed by atoms with E-state index in [1.165, 1.54) is 0 Å². The van der Waals surface area contributed by atoms with Gasteiger partial charge >= 0.3 is 6.01 Å². The number of para-hydroxylation sites is 2. The Morgan fingerprint density at radius 2 is 2.15 bits per heavy atom. The van der Waals surface area contributed by atoms with Crippen molar-refractivity contribution in [3.8, 4) is 11.8 Å². The molecule has 1 aromatic carbocycles. The normalized spacial score (nSPS) is 13.7. The van der Waals surface area contributed by atoms with E-state index >= 15 is 0 Å². The summed E-state index contributed by atoms with van der Waals surface area (Å²) in [5, 5.41) is 16.3. The standard InChI is InChI=1S/C14H16N4O2/c1-20-14-17-10-6-7-15-8-9(10)13(18-14)16-11-4-2-3-5-12(11)19/h2-5,15,19H,6-8H2,1H3,(H,16,17,18). The average Bonchev–Trinajstić information content (AvgIpc) is 2.49. The second-order valence-electron chi connectivity index (χ2n) is 4.55. The third-order valence-corrected chi connectivity index (χ3v) is 3.25. The fourth-order valence-corrected chi connectivity index (χ4v) is 2.22. The van der Waals surface area contributed by atoms with E-state index in [1.54, 1.807) is 25.3 Å². The first-order valence-corrected chi connectivity index (χ1v) is 6.47. The smallest absolute Gasteiger partial charge is 0.318 e. The minimum atomic E-state index is 0.183. The molecular formula is C14H16N4O2. The van der Waals surface area contributed by atoms with Crippen molar-refractivity contribution in [2.24, 2.45) is 0 Å². The van der Waals surface area contributed by atoms with Gasteiger partial charge in [0.1, 0.15) is 11.6 Å². The zero-order valence-electron chi connectivity index (χ0n) is 11.2. The van der Waals surface area contributed by atoms with Crippen LogP contribution < -0.4 is 15.4 Å². The van der Waals surface area contributed by atoms with Crippen molar-refractivity contribution < 1.29 is 9.84 Å². The molecule has 1 aliphatic rings. The number of ether oxygens (including phenoxy) is 1. The molecule has 0 atom stereocenters. The number of phenolic OH excluding ortho intramolecular Hbond substituents is 1. The second-order valence-corrected chi connectivity index (χ2v) is 4.55. The Labute approximate surface area is 116 Å². The van der Waals surface area contributed by atoms with Crippen LogP contribution in [0.4, 0.5) is 11.5 Å². The Morgan fingerprint density at radius 3 is 2.95 bits per heavy atom. The van der Waals surface area contributed by atoms with Crippen LogP contribution >= 0.6 is 0 Å². The number of anilines is 2. The molecule has 0 unspecified atom stereocenters. The monoisotopic (exact) mass is 272 g/mol. The summed E-state index contributed by atoms with van der Waals surface area (Å²) < 4.78 is 5.14. The number of fused-ring (bicyclic) bond motifs is 1. The highest BCUT2D eigenvalue weighted by molar-refractivity contribution is 5.66. The molecule has 6 nitrogen and oxygen atoms in total. The van der Waals surface area contributed by atoms with Crippen molar-refractivity contribution in [3.05, 3.63) is 35.5 Å². The number of hydrogen-bond acceptors (Lipinski definition) is 6. The summed E-state index contributed by atoms with van der Waals surface area (Å²) in [5.74, 6) is 0.850. The summed E-state index contributed by atoms with van der Waals surface area (Å²) in [4.78, 5) is 8.73. The molecular weight excluding hydrogens is 256 g/mol. The minimum Gasteiger partial charge on any atom is -0.506 e. The molecule has 0 radical (unpaired) electrons. The lowest BCUT2D eigenvalue weighted by Crippen LogP contribution is -2.26. The number of methoxy groups -OCH3 is 1. The molecule has 104 valence electrons. The maximum atomic E-state index is 9.85. The molecule has 0 aliphatic carbocycles. The van der Waals surface area contributed by atoms with Crippen molar-refractivity contribution in [2.75, 3.05) is 19.0 Å². The fourth-order valence-electron chi connectivity index (χ4n) is 2.22. The summed E-state index contributed by atoms with van der Waals surface area (Å²) in [5.41, 5.74) is 2.61. The first kappa shape index (κ1) is 12.7. The van der Waals surface area contributed by atoms with Crippen LogP contribution in [0.25, 0.3) is 0 Å². The van der Waals surface area contributed by atoms with E-state index in [1.807, 2.05) is 6.07 Å². The molecule has 3 rings (SSSR count). The highest BCUT2D eigenvalue weighted by Crippen LogP contribution is 2.29. The van der Waals surface area contributed by atoms with Crippen LogP contribution in [0, 0.1) is 0 Å². The summed E-state index contributed by atoms with van der Waals surface area (Å²) in [7, 11) is 1.55. The van der Waals surface area contributed by atoms with Crippen molar-refractivity contribution in [2.45, 2.75) is 13.0 Å². The number of nitrogens with zero attached hydrogens (tertiary/aromatic N) is 2. The van der Waals surface area contributed by atoms with Crippen LogP contribution in [0.2, 0.25) is 0 Å². The van der Waals surface area contributed by atoms with Gasteiger partial charge in [0.25, 0.3) is 0 Å². The zero-order valence-corrected chi connectivity index (χ0v) is 11.2. The lowest BCUT2D eigenvalue weighted by molar-refractivity contribution is 0.376. The molecule has 2 aromatic rings. The van der Waals surface area contributed by atoms with E-state index in [0.717, 1.165) is 24.2 Å². The van der Waals surface area contributed by atoms with Crippen molar-refractivity contribution in [3.63, 3.8) is 0 Å². The summed E-state index contributed by atoms with van der Waals surface area (Å²) in [6.45, 7) is 1.60. The number of benzene rings is 1. The van der Waals surface area contributed by atoms with Crippen molar-refractivity contribution in [1.29, 1.82) is 0 Å². The summed E-state index contributed by atoms with van der Waals surface area (Å²) >= 11 is 0. The van der Waals surface area contributed by atoms with Crippen molar-refractivity contribution >= 4 is 11.5 Å². The Hall–Kier alpha value is -2.34. The summed E-state index contributed by atoms with van der Waals surface area (Å²) in [6, 6.07) is 7.39. The number of aromatic nitrogens is 2. The van der Waals surface area contributed by atoms with E-state index < -0.39 is 0 Å². The van der Waals surface area contributed by atoms with Gasteiger partial charge in [-0.2, -0.15) is 9.97 Å². The molecule has 2 heterocycles. The average molecular weight is 272 g/mol. The second kappa shape index (κ2) is 5.34. The lowest BCUT2D eigenvalue weighted by atomic mass is 10.1. The molecule has 0 bridgehead atoms.